The fraction of sp³-hybridized carbons (Fsp3) is 0.333. The summed E-state index contributed by atoms with van der Waals surface area (Å²) in [6.07, 6.45) is 2.94. The minimum absolute atomic E-state index is 0.377. The predicted octanol–water partition coefficient (Wildman–Crippen LogP) is 4.75. The topological polar surface area (TPSA) is 20.2 Å². The Morgan fingerprint density at radius 3 is 1.74 bits per heavy atom. The minimum Gasteiger partial charge on any atom is -0.508 e. The fourth-order valence-electron chi connectivity index (χ4n) is 2.58. The van der Waals surface area contributed by atoms with E-state index in [1.54, 1.807) is 0 Å². The van der Waals surface area contributed by atoms with Gasteiger partial charge in [-0.15, -0.1) is 0 Å². The van der Waals surface area contributed by atoms with Gasteiger partial charge < -0.3 is 5.11 Å². The molecule has 19 heavy (non-hydrogen) atoms. The smallest absolute Gasteiger partial charge is 0.116 e. The van der Waals surface area contributed by atoms with E-state index in [2.05, 4.69) is 45.0 Å². The van der Waals surface area contributed by atoms with Crippen LogP contribution in [0, 0.1) is 0 Å². The first-order chi connectivity index (χ1) is 9.19. The van der Waals surface area contributed by atoms with E-state index in [1.165, 1.54) is 27.8 Å². The van der Waals surface area contributed by atoms with Crippen molar-refractivity contribution in [2.75, 3.05) is 0 Å². The molecule has 0 aliphatic rings. The van der Waals surface area contributed by atoms with E-state index in [0.29, 0.717) is 5.75 Å². The Balaban J connectivity index is 2.58. The Labute approximate surface area is 115 Å². The van der Waals surface area contributed by atoms with Crippen molar-refractivity contribution in [1.82, 2.24) is 0 Å². The Bertz CT molecular complexity index is 527. The number of aromatic hydroxyl groups is 1. The van der Waals surface area contributed by atoms with Crippen LogP contribution in [0.1, 0.15) is 37.5 Å². The molecule has 100 valence electrons. The molecule has 0 heterocycles. The van der Waals surface area contributed by atoms with Crippen LogP contribution in [0.4, 0.5) is 0 Å². The average Bonchev–Trinajstić information content (AvgIpc) is 2.46. The number of benzene rings is 2. The van der Waals surface area contributed by atoms with Gasteiger partial charge in [-0.3, -0.25) is 0 Å². The predicted molar refractivity (Wildman–Crippen MR) is 81.7 cm³/mol. The lowest BCUT2D eigenvalue weighted by Crippen LogP contribution is -1.95. The summed E-state index contributed by atoms with van der Waals surface area (Å²) < 4.78 is 0. The van der Waals surface area contributed by atoms with Crippen molar-refractivity contribution in [1.29, 1.82) is 0 Å². The third kappa shape index (κ3) is 2.81. The van der Waals surface area contributed by atoms with Gasteiger partial charge in [0.05, 0.1) is 0 Å². The zero-order valence-electron chi connectivity index (χ0n) is 12.0. The van der Waals surface area contributed by atoms with E-state index in [-0.39, 0.29) is 0 Å². The van der Waals surface area contributed by atoms with E-state index < -0.39 is 0 Å². The molecule has 0 spiro atoms. The van der Waals surface area contributed by atoms with Crippen LogP contribution in [0.15, 0.2) is 36.4 Å². The molecule has 0 unspecified atom stereocenters. The van der Waals surface area contributed by atoms with Crippen LogP contribution in [-0.2, 0) is 19.3 Å². The monoisotopic (exact) mass is 254 g/mol. The van der Waals surface area contributed by atoms with Crippen LogP contribution in [0.2, 0.25) is 0 Å². The summed E-state index contributed by atoms with van der Waals surface area (Å²) in [6, 6.07) is 12.6. The van der Waals surface area contributed by atoms with Gasteiger partial charge in [0.15, 0.2) is 0 Å². The van der Waals surface area contributed by atoms with Crippen LogP contribution in [-0.4, -0.2) is 5.11 Å². The maximum Gasteiger partial charge on any atom is 0.116 e. The molecule has 0 radical (unpaired) electrons. The van der Waals surface area contributed by atoms with E-state index >= 15 is 0 Å². The molecule has 0 saturated heterocycles. The zero-order valence-corrected chi connectivity index (χ0v) is 12.0. The average molecular weight is 254 g/mol. The van der Waals surface area contributed by atoms with Gasteiger partial charge in [-0.1, -0.05) is 45.0 Å². The van der Waals surface area contributed by atoms with E-state index in [0.717, 1.165) is 19.3 Å². The number of aryl methyl sites for hydroxylation is 3. The second kappa shape index (κ2) is 5.92. The van der Waals surface area contributed by atoms with Crippen molar-refractivity contribution in [3.05, 3.63) is 53.1 Å². The number of hydrogen-bond donors (Lipinski definition) is 1. The summed E-state index contributed by atoms with van der Waals surface area (Å²) in [5.74, 6) is 0.377. The second-order valence-corrected chi connectivity index (χ2v) is 4.90. The van der Waals surface area contributed by atoms with Crippen molar-refractivity contribution >= 4 is 0 Å². The Kier molecular flexibility index (Phi) is 4.26. The number of phenolic OH excluding ortho intramolecular Hbond substituents is 1. The molecule has 1 nitrogen and oxygen atoms in total. The fourth-order valence-corrected chi connectivity index (χ4v) is 2.58. The first-order valence-electron chi connectivity index (χ1n) is 7.13. The molecule has 0 aromatic heterocycles. The van der Waals surface area contributed by atoms with Crippen LogP contribution >= 0.6 is 0 Å². The highest BCUT2D eigenvalue weighted by molar-refractivity contribution is 5.72. The highest BCUT2D eigenvalue weighted by atomic mass is 16.3. The molecule has 0 aliphatic carbocycles. The third-order valence-corrected chi connectivity index (χ3v) is 3.70. The van der Waals surface area contributed by atoms with Crippen LogP contribution in [0.5, 0.6) is 5.75 Å². The molecule has 2 aromatic carbocycles. The molecule has 0 amide bonds. The van der Waals surface area contributed by atoms with E-state index in [9.17, 15) is 5.11 Å². The molecule has 0 fully saturated rings. The maximum atomic E-state index is 9.81. The van der Waals surface area contributed by atoms with Gasteiger partial charge in [0.1, 0.15) is 5.75 Å². The number of hydrogen-bond acceptors (Lipinski definition) is 1. The summed E-state index contributed by atoms with van der Waals surface area (Å²) in [4.78, 5) is 0. The molecule has 0 aliphatic heterocycles. The first kappa shape index (κ1) is 13.7. The standard InChI is InChI=1S/C18H22O/c1-4-13-7-9-16(10-8-13)18-14(5-2)11-17(19)12-15(18)6-3/h7-12,19H,4-6H2,1-3H3. The number of phenols is 1. The van der Waals surface area contributed by atoms with Gasteiger partial charge in [0.2, 0.25) is 0 Å². The molecule has 0 bridgehead atoms. The zero-order chi connectivity index (χ0) is 13.8. The normalized spacial score (nSPS) is 10.7. The van der Waals surface area contributed by atoms with Gasteiger partial charge in [0, 0.05) is 0 Å². The lowest BCUT2D eigenvalue weighted by molar-refractivity contribution is 0.474. The minimum atomic E-state index is 0.377. The van der Waals surface area contributed by atoms with Gasteiger partial charge in [0.25, 0.3) is 0 Å². The molecular formula is C18H22O. The van der Waals surface area contributed by atoms with Crippen LogP contribution < -0.4 is 0 Å². The largest absolute Gasteiger partial charge is 0.508 e. The molecule has 1 heteroatoms. The molecule has 0 saturated carbocycles. The first-order valence-corrected chi connectivity index (χ1v) is 7.13. The van der Waals surface area contributed by atoms with Crippen molar-refractivity contribution in [3.8, 4) is 16.9 Å². The Morgan fingerprint density at radius 1 is 0.789 bits per heavy atom. The van der Waals surface area contributed by atoms with Crippen LogP contribution in [0.25, 0.3) is 11.1 Å². The molecular weight excluding hydrogens is 232 g/mol. The second-order valence-electron chi connectivity index (χ2n) is 4.90. The van der Waals surface area contributed by atoms with Crippen molar-refractivity contribution in [2.45, 2.75) is 40.0 Å². The van der Waals surface area contributed by atoms with Crippen molar-refractivity contribution in [3.63, 3.8) is 0 Å². The number of rotatable bonds is 4. The van der Waals surface area contributed by atoms with Crippen LogP contribution in [0.3, 0.4) is 0 Å². The lowest BCUT2D eigenvalue weighted by atomic mass is 9.91. The summed E-state index contributed by atoms with van der Waals surface area (Å²) >= 11 is 0. The Hall–Kier alpha value is -1.76. The van der Waals surface area contributed by atoms with Gasteiger partial charge >= 0.3 is 0 Å². The van der Waals surface area contributed by atoms with Crippen molar-refractivity contribution < 1.29 is 5.11 Å². The summed E-state index contributed by atoms with van der Waals surface area (Å²) in [5.41, 5.74) is 6.36. The summed E-state index contributed by atoms with van der Waals surface area (Å²) in [6.45, 7) is 6.45. The van der Waals surface area contributed by atoms with E-state index in [4.69, 9.17) is 0 Å². The third-order valence-electron chi connectivity index (χ3n) is 3.70. The highest BCUT2D eigenvalue weighted by Gasteiger charge is 2.10. The summed E-state index contributed by atoms with van der Waals surface area (Å²) in [7, 11) is 0. The van der Waals surface area contributed by atoms with Crippen molar-refractivity contribution in [2.24, 2.45) is 0 Å². The summed E-state index contributed by atoms with van der Waals surface area (Å²) in [5, 5.41) is 9.81. The highest BCUT2D eigenvalue weighted by Crippen LogP contribution is 2.32. The molecule has 0 atom stereocenters. The maximum absolute atomic E-state index is 9.81. The van der Waals surface area contributed by atoms with Gasteiger partial charge in [-0.2, -0.15) is 0 Å². The molecule has 2 rings (SSSR count). The van der Waals surface area contributed by atoms with Gasteiger partial charge in [-0.25, -0.2) is 0 Å². The van der Waals surface area contributed by atoms with E-state index in [1.807, 2.05) is 12.1 Å². The Morgan fingerprint density at radius 2 is 1.32 bits per heavy atom. The molecule has 2 aromatic rings. The quantitative estimate of drug-likeness (QED) is 0.835. The lowest BCUT2D eigenvalue weighted by Gasteiger charge is -2.14. The molecule has 1 N–H and O–H groups in total. The van der Waals surface area contributed by atoms with Gasteiger partial charge in [-0.05, 0) is 59.2 Å². The SMILES string of the molecule is CCc1ccc(-c2c(CC)cc(O)cc2CC)cc1.